The lowest BCUT2D eigenvalue weighted by Crippen LogP contribution is -2.07. The van der Waals surface area contributed by atoms with Crippen LogP contribution in [-0.4, -0.2) is 19.7 Å². The van der Waals surface area contributed by atoms with Crippen molar-refractivity contribution in [3.05, 3.63) is 42.6 Å². The number of benzene rings is 1. The van der Waals surface area contributed by atoms with Gasteiger partial charge in [0, 0.05) is 24.3 Å². The van der Waals surface area contributed by atoms with Gasteiger partial charge in [-0.3, -0.25) is 5.10 Å². The van der Waals surface area contributed by atoms with Crippen molar-refractivity contribution in [1.82, 2.24) is 19.7 Å². The summed E-state index contributed by atoms with van der Waals surface area (Å²) < 4.78 is 2.13. The topological polar surface area (TPSA) is 58.5 Å². The van der Waals surface area contributed by atoms with E-state index in [2.05, 4.69) is 32.0 Å². The van der Waals surface area contributed by atoms with Crippen LogP contribution in [0.3, 0.4) is 0 Å². The molecule has 0 amide bonds. The number of hydrogen-bond donors (Lipinski definition) is 2. The Bertz CT molecular complexity index is 652. The van der Waals surface area contributed by atoms with Crippen molar-refractivity contribution in [3.63, 3.8) is 0 Å². The number of anilines is 1. The first-order chi connectivity index (χ1) is 8.88. The van der Waals surface area contributed by atoms with Crippen LogP contribution in [0.5, 0.6) is 0 Å². The minimum Gasteiger partial charge on any atom is -0.376 e. The zero-order chi connectivity index (χ0) is 12.4. The van der Waals surface area contributed by atoms with Crippen molar-refractivity contribution in [1.29, 1.82) is 0 Å². The molecule has 3 rings (SSSR count). The predicted molar refractivity (Wildman–Crippen MR) is 71.3 cm³/mol. The normalized spacial score (nSPS) is 10.9. The number of aromatic nitrogens is 4. The predicted octanol–water partition coefficient (Wildman–Crippen LogP) is 2.39. The van der Waals surface area contributed by atoms with E-state index in [1.165, 1.54) is 0 Å². The maximum atomic E-state index is 4.34. The molecule has 0 fully saturated rings. The first-order valence-electron chi connectivity index (χ1n) is 6.04. The highest BCUT2D eigenvalue weighted by Crippen LogP contribution is 2.20. The molecule has 0 saturated heterocycles. The van der Waals surface area contributed by atoms with Crippen molar-refractivity contribution in [2.45, 2.75) is 20.0 Å². The van der Waals surface area contributed by atoms with Gasteiger partial charge in [0.2, 0.25) is 0 Å². The summed E-state index contributed by atoms with van der Waals surface area (Å²) in [5.41, 5.74) is 2.09. The van der Waals surface area contributed by atoms with Gasteiger partial charge in [-0.1, -0.05) is 12.1 Å². The first-order valence-corrected chi connectivity index (χ1v) is 6.04. The lowest BCUT2D eigenvalue weighted by atomic mass is 10.2. The Morgan fingerprint density at radius 1 is 1.39 bits per heavy atom. The molecule has 92 valence electrons. The van der Waals surface area contributed by atoms with Crippen LogP contribution in [0.4, 0.5) is 5.69 Å². The van der Waals surface area contributed by atoms with Crippen molar-refractivity contribution in [3.8, 4) is 0 Å². The molecule has 5 nitrogen and oxygen atoms in total. The lowest BCUT2D eigenvalue weighted by Gasteiger charge is -2.08. The molecule has 2 aromatic heterocycles. The Morgan fingerprint density at radius 3 is 3.22 bits per heavy atom. The molecule has 0 aliphatic rings. The third-order valence-electron chi connectivity index (χ3n) is 3.06. The van der Waals surface area contributed by atoms with Crippen molar-refractivity contribution in [2.75, 3.05) is 5.32 Å². The monoisotopic (exact) mass is 241 g/mol. The second-order valence-electron chi connectivity index (χ2n) is 4.12. The molecule has 0 radical (unpaired) electrons. The molecule has 0 atom stereocenters. The fourth-order valence-electron chi connectivity index (χ4n) is 2.09. The average molecular weight is 241 g/mol. The smallest absolute Gasteiger partial charge is 0.128 e. The van der Waals surface area contributed by atoms with Crippen LogP contribution in [0, 0.1) is 0 Å². The number of imidazole rings is 1. The van der Waals surface area contributed by atoms with Gasteiger partial charge in [-0.2, -0.15) is 5.10 Å². The molecule has 0 unspecified atom stereocenters. The second-order valence-corrected chi connectivity index (χ2v) is 4.12. The maximum Gasteiger partial charge on any atom is 0.128 e. The van der Waals surface area contributed by atoms with E-state index >= 15 is 0 Å². The minimum absolute atomic E-state index is 0.707. The highest BCUT2D eigenvalue weighted by atomic mass is 15.1. The SMILES string of the molecule is CCn1ccnc1CNc1cccc2cn[nH]c12. The van der Waals surface area contributed by atoms with E-state index in [1.54, 1.807) is 0 Å². The Morgan fingerprint density at radius 2 is 2.33 bits per heavy atom. The second kappa shape index (κ2) is 4.52. The van der Waals surface area contributed by atoms with E-state index < -0.39 is 0 Å². The van der Waals surface area contributed by atoms with Crippen LogP contribution < -0.4 is 5.32 Å². The molecule has 0 aliphatic heterocycles. The number of para-hydroxylation sites is 1. The van der Waals surface area contributed by atoms with Crippen molar-refractivity contribution in [2.24, 2.45) is 0 Å². The van der Waals surface area contributed by atoms with Gasteiger partial charge in [0.15, 0.2) is 0 Å². The van der Waals surface area contributed by atoms with Gasteiger partial charge in [-0.05, 0) is 13.0 Å². The fraction of sp³-hybridized carbons (Fsp3) is 0.231. The Kier molecular flexibility index (Phi) is 2.72. The van der Waals surface area contributed by atoms with Crippen LogP contribution in [0.1, 0.15) is 12.7 Å². The summed E-state index contributed by atoms with van der Waals surface area (Å²) in [6, 6.07) is 6.10. The summed E-state index contributed by atoms with van der Waals surface area (Å²) in [4.78, 5) is 4.34. The molecule has 0 bridgehead atoms. The number of aromatic amines is 1. The molecular weight excluding hydrogens is 226 g/mol. The van der Waals surface area contributed by atoms with E-state index in [4.69, 9.17) is 0 Å². The summed E-state index contributed by atoms with van der Waals surface area (Å²) >= 11 is 0. The van der Waals surface area contributed by atoms with Gasteiger partial charge in [-0.25, -0.2) is 4.98 Å². The van der Waals surface area contributed by atoms with E-state index in [9.17, 15) is 0 Å². The molecular formula is C13H15N5. The summed E-state index contributed by atoms with van der Waals surface area (Å²) in [6.07, 6.45) is 5.65. The van der Waals surface area contributed by atoms with Crippen LogP contribution in [-0.2, 0) is 13.1 Å². The molecule has 2 heterocycles. The molecule has 0 saturated carbocycles. The highest BCUT2D eigenvalue weighted by Gasteiger charge is 2.04. The highest BCUT2D eigenvalue weighted by molar-refractivity contribution is 5.89. The fourth-order valence-corrected chi connectivity index (χ4v) is 2.09. The number of H-pyrrole nitrogens is 1. The molecule has 0 aliphatic carbocycles. The Hall–Kier alpha value is -2.30. The zero-order valence-corrected chi connectivity index (χ0v) is 10.2. The lowest BCUT2D eigenvalue weighted by molar-refractivity contribution is 0.708. The van der Waals surface area contributed by atoms with E-state index in [0.29, 0.717) is 6.54 Å². The van der Waals surface area contributed by atoms with Gasteiger partial charge >= 0.3 is 0 Å². The van der Waals surface area contributed by atoms with Crippen LogP contribution >= 0.6 is 0 Å². The minimum atomic E-state index is 0.707. The first kappa shape index (κ1) is 10.8. The van der Waals surface area contributed by atoms with Gasteiger partial charge in [0.05, 0.1) is 23.9 Å². The third-order valence-corrected chi connectivity index (χ3v) is 3.06. The summed E-state index contributed by atoms with van der Waals surface area (Å²) in [5.74, 6) is 1.04. The zero-order valence-electron chi connectivity index (χ0n) is 10.2. The van der Waals surface area contributed by atoms with Crippen LogP contribution in [0.2, 0.25) is 0 Å². The molecule has 0 spiro atoms. The van der Waals surface area contributed by atoms with Crippen LogP contribution in [0.15, 0.2) is 36.8 Å². The largest absolute Gasteiger partial charge is 0.376 e. The third kappa shape index (κ3) is 1.84. The number of nitrogens with one attached hydrogen (secondary N) is 2. The van der Waals surface area contributed by atoms with Crippen molar-refractivity contribution >= 4 is 16.6 Å². The maximum absolute atomic E-state index is 4.34. The molecule has 3 aromatic rings. The van der Waals surface area contributed by atoms with Gasteiger partial charge < -0.3 is 9.88 Å². The number of rotatable bonds is 4. The van der Waals surface area contributed by atoms with Crippen molar-refractivity contribution < 1.29 is 0 Å². The van der Waals surface area contributed by atoms with E-state index in [0.717, 1.165) is 29.0 Å². The number of nitrogens with zero attached hydrogens (tertiary/aromatic N) is 3. The molecule has 2 N–H and O–H groups in total. The summed E-state index contributed by atoms with van der Waals surface area (Å²) in [6.45, 7) is 3.75. The summed E-state index contributed by atoms with van der Waals surface area (Å²) in [7, 11) is 0. The average Bonchev–Trinajstić information content (AvgIpc) is 3.04. The van der Waals surface area contributed by atoms with Gasteiger partial charge in [-0.15, -0.1) is 0 Å². The number of hydrogen-bond acceptors (Lipinski definition) is 3. The van der Waals surface area contributed by atoms with Gasteiger partial charge in [0.1, 0.15) is 5.82 Å². The molecule has 5 heteroatoms. The van der Waals surface area contributed by atoms with E-state index in [-0.39, 0.29) is 0 Å². The van der Waals surface area contributed by atoms with Gasteiger partial charge in [0.25, 0.3) is 0 Å². The number of aryl methyl sites for hydroxylation is 1. The van der Waals surface area contributed by atoms with E-state index in [1.807, 2.05) is 36.8 Å². The Balaban J connectivity index is 1.83. The van der Waals surface area contributed by atoms with Crippen LogP contribution in [0.25, 0.3) is 10.9 Å². The molecule has 18 heavy (non-hydrogen) atoms. The quantitative estimate of drug-likeness (QED) is 0.737. The summed E-state index contributed by atoms with van der Waals surface area (Å²) in [5, 5.41) is 11.6. The molecule has 1 aromatic carbocycles. The standard InChI is InChI=1S/C13H15N5/c1-2-18-7-6-14-12(18)9-15-11-5-3-4-10-8-16-17-13(10)11/h3-8,15H,2,9H2,1H3,(H,16,17). The number of fused-ring (bicyclic) bond motifs is 1. The Labute approximate surface area is 105 Å².